The second-order valence-corrected chi connectivity index (χ2v) is 6.12. The molecule has 0 aliphatic rings. The van der Waals surface area contributed by atoms with E-state index in [1.807, 2.05) is 6.07 Å². The quantitative estimate of drug-likeness (QED) is 0.590. The largest absolute Gasteiger partial charge is 0.290 e. The minimum absolute atomic E-state index is 0.00839. The molecule has 7 nitrogen and oxygen atoms in total. The second-order valence-electron chi connectivity index (χ2n) is 3.77. The van der Waals surface area contributed by atoms with Crippen molar-refractivity contribution >= 4 is 27.3 Å². The highest BCUT2D eigenvalue weighted by Gasteiger charge is 2.30. The summed E-state index contributed by atoms with van der Waals surface area (Å²) in [5.41, 5.74) is -0.576. The van der Waals surface area contributed by atoms with Gasteiger partial charge in [-0.3, -0.25) is 10.1 Å². The Morgan fingerprint density at radius 1 is 1.50 bits per heavy atom. The number of hydrogen-bond donors (Lipinski definition) is 0. The number of halogens is 1. The summed E-state index contributed by atoms with van der Waals surface area (Å²) in [5, 5.41) is 19.6. The molecule has 0 heterocycles. The Balaban J connectivity index is 3.34. The number of benzene rings is 1. The number of nitrogens with zero attached hydrogens (tertiary/aromatic N) is 3. The normalized spacial score (nSPS) is 11.3. The molecule has 1 rings (SSSR count). The highest BCUT2D eigenvalue weighted by molar-refractivity contribution is 7.89. The first-order valence-corrected chi connectivity index (χ1v) is 7.47. The lowest BCUT2D eigenvalue weighted by Gasteiger charge is -2.19. The van der Waals surface area contributed by atoms with Gasteiger partial charge in [0.1, 0.15) is 0 Å². The van der Waals surface area contributed by atoms with Crippen molar-refractivity contribution in [1.29, 1.82) is 5.26 Å². The first-order chi connectivity index (χ1) is 9.34. The molecule has 0 aromatic heterocycles. The summed E-state index contributed by atoms with van der Waals surface area (Å²) >= 11 is 5.65. The van der Waals surface area contributed by atoms with Crippen LogP contribution < -0.4 is 0 Å². The van der Waals surface area contributed by atoms with Crippen LogP contribution in [0.2, 0.25) is 5.02 Å². The molecule has 108 valence electrons. The maximum Gasteiger partial charge on any atom is 0.290 e. The fourth-order valence-electron chi connectivity index (χ4n) is 1.61. The predicted octanol–water partition coefficient (Wildman–Crippen LogP) is 2.17. The van der Waals surface area contributed by atoms with Crippen molar-refractivity contribution in [3.05, 3.63) is 33.3 Å². The average molecular weight is 318 g/mol. The Morgan fingerprint density at radius 3 is 2.65 bits per heavy atom. The minimum atomic E-state index is -4.03. The summed E-state index contributed by atoms with van der Waals surface area (Å²) in [5.74, 6) is 0. The van der Waals surface area contributed by atoms with E-state index in [4.69, 9.17) is 16.9 Å². The van der Waals surface area contributed by atoms with Gasteiger partial charge in [0.05, 0.1) is 11.0 Å². The summed E-state index contributed by atoms with van der Waals surface area (Å²) in [6.45, 7) is 1.69. The lowest BCUT2D eigenvalue weighted by atomic mass is 10.3. The summed E-state index contributed by atoms with van der Waals surface area (Å²) < 4.78 is 25.8. The minimum Gasteiger partial charge on any atom is -0.258 e. The molecule has 1 aromatic rings. The third-order valence-corrected chi connectivity index (χ3v) is 4.82. The molecule has 0 aliphatic carbocycles. The van der Waals surface area contributed by atoms with Crippen molar-refractivity contribution in [2.75, 3.05) is 13.1 Å². The molecule has 0 aliphatic heterocycles. The van der Waals surface area contributed by atoms with Gasteiger partial charge in [-0.05, 0) is 12.1 Å². The molecule has 0 fully saturated rings. The Labute approximate surface area is 121 Å². The standard InChI is InChI=1S/C11H12ClN3O4S/c1-2-14(7-3-6-13)20(18,19)11-5-4-9(12)8-10(11)15(16)17/h4-5,8H,2-3,7H2,1H3. The van der Waals surface area contributed by atoms with Crippen LogP contribution in [0.1, 0.15) is 13.3 Å². The third kappa shape index (κ3) is 3.45. The van der Waals surface area contributed by atoms with Crippen LogP contribution in [0.5, 0.6) is 0 Å². The van der Waals surface area contributed by atoms with Gasteiger partial charge in [-0.25, -0.2) is 8.42 Å². The van der Waals surface area contributed by atoms with E-state index in [1.165, 1.54) is 6.07 Å². The molecule has 9 heteroatoms. The van der Waals surface area contributed by atoms with E-state index in [-0.39, 0.29) is 24.5 Å². The molecule has 0 unspecified atom stereocenters. The monoisotopic (exact) mass is 317 g/mol. The van der Waals surface area contributed by atoms with E-state index in [0.29, 0.717) is 0 Å². The fourth-order valence-corrected chi connectivity index (χ4v) is 3.37. The molecule has 1 aromatic carbocycles. The number of hydrogen-bond acceptors (Lipinski definition) is 5. The molecule has 0 spiro atoms. The topological polar surface area (TPSA) is 104 Å². The Hall–Kier alpha value is -1.69. The van der Waals surface area contributed by atoms with Gasteiger partial charge >= 0.3 is 0 Å². The van der Waals surface area contributed by atoms with Crippen LogP contribution in [0.4, 0.5) is 5.69 Å². The molecule has 0 bridgehead atoms. The fraction of sp³-hybridized carbons (Fsp3) is 0.364. The molecular formula is C11H12ClN3O4S. The number of sulfonamides is 1. The van der Waals surface area contributed by atoms with Crippen LogP contribution >= 0.6 is 11.6 Å². The van der Waals surface area contributed by atoms with Crippen molar-refractivity contribution in [3.63, 3.8) is 0 Å². The molecule has 20 heavy (non-hydrogen) atoms. The van der Waals surface area contributed by atoms with Crippen LogP contribution in [0, 0.1) is 21.4 Å². The smallest absolute Gasteiger partial charge is 0.258 e. The summed E-state index contributed by atoms with van der Waals surface area (Å²) in [6, 6.07) is 5.21. The van der Waals surface area contributed by atoms with Crippen molar-refractivity contribution in [2.45, 2.75) is 18.2 Å². The van der Waals surface area contributed by atoms with Crippen LogP contribution in [0.25, 0.3) is 0 Å². The summed E-state index contributed by atoms with van der Waals surface area (Å²) in [4.78, 5) is 9.74. The van der Waals surface area contributed by atoms with E-state index in [0.717, 1.165) is 16.4 Å². The van der Waals surface area contributed by atoms with Crippen LogP contribution in [-0.2, 0) is 10.0 Å². The summed E-state index contributed by atoms with van der Waals surface area (Å²) in [6.07, 6.45) is 0.00839. The Kier molecular flexibility index (Phi) is 5.44. The van der Waals surface area contributed by atoms with Crippen molar-refractivity contribution in [2.24, 2.45) is 0 Å². The Morgan fingerprint density at radius 2 is 2.15 bits per heavy atom. The third-order valence-electron chi connectivity index (χ3n) is 2.56. The maximum atomic E-state index is 12.4. The van der Waals surface area contributed by atoms with E-state index >= 15 is 0 Å². The number of nitro benzene ring substituents is 1. The average Bonchev–Trinajstić information content (AvgIpc) is 2.38. The number of nitro groups is 1. The predicted molar refractivity (Wildman–Crippen MR) is 72.8 cm³/mol. The lowest BCUT2D eigenvalue weighted by molar-refractivity contribution is -0.387. The zero-order valence-corrected chi connectivity index (χ0v) is 12.2. The zero-order chi connectivity index (χ0) is 15.3. The first-order valence-electron chi connectivity index (χ1n) is 5.65. The molecule has 0 amide bonds. The highest BCUT2D eigenvalue weighted by atomic mass is 35.5. The second kappa shape index (κ2) is 6.65. The molecule has 0 saturated heterocycles. The van der Waals surface area contributed by atoms with Crippen molar-refractivity contribution in [1.82, 2.24) is 4.31 Å². The van der Waals surface area contributed by atoms with Crippen molar-refractivity contribution < 1.29 is 13.3 Å². The molecule has 0 radical (unpaired) electrons. The van der Waals surface area contributed by atoms with Crippen LogP contribution in [0.15, 0.2) is 23.1 Å². The molecule has 0 saturated carbocycles. The highest BCUT2D eigenvalue weighted by Crippen LogP contribution is 2.29. The van der Waals surface area contributed by atoms with E-state index in [2.05, 4.69) is 0 Å². The van der Waals surface area contributed by atoms with Gasteiger partial charge in [0, 0.05) is 30.6 Å². The van der Waals surface area contributed by atoms with E-state index < -0.39 is 25.5 Å². The molecule has 0 atom stereocenters. The first kappa shape index (κ1) is 16.4. The van der Waals surface area contributed by atoms with Gasteiger partial charge in [-0.1, -0.05) is 18.5 Å². The SMILES string of the molecule is CCN(CCC#N)S(=O)(=O)c1ccc(Cl)cc1[N+](=O)[O-]. The van der Waals surface area contributed by atoms with E-state index in [1.54, 1.807) is 6.92 Å². The van der Waals surface area contributed by atoms with Gasteiger partial charge in [0.15, 0.2) is 4.90 Å². The van der Waals surface area contributed by atoms with Gasteiger partial charge in [0.25, 0.3) is 5.69 Å². The van der Waals surface area contributed by atoms with Gasteiger partial charge in [0.2, 0.25) is 10.0 Å². The van der Waals surface area contributed by atoms with Gasteiger partial charge in [-0.2, -0.15) is 9.57 Å². The lowest BCUT2D eigenvalue weighted by Crippen LogP contribution is -2.32. The van der Waals surface area contributed by atoms with Gasteiger partial charge < -0.3 is 0 Å². The van der Waals surface area contributed by atoms with Crippen LogP contribution in [0.3, 0.4) is 0 Å². The number of nitriles is 1. The summed E-state index contributed by atoms with van der Waals surface area (Å²) in [7, 11) is -4.03. The number of rotatable bonds is 6. The molecular weight excluding hydrogens is 306 g/mol. The Bertz CT molecular complexity index is 654. The zero-order valence-electron chi connectivity index (χ0n) is 10.6. The van der Waals surface area contributed by atoms with Gasteiger partial charge in [-0.15, -0.1) is 0 Å². The van der Waals surface area contributed by atoms with Crippen molar-refractivity contribution in [3.8, 4) is 6.07 Å². The van der Waals surface area contributed by atoms with Crippen LogP contribution in [-0.4, -0.2) is 30.7 Å². The van der Waals surface area contributed by atoms with E-state index in [9.17, 15) is 18.5 Å². The maximum absolute atomic E-state index is 12.4. The molecule has 0 N–H and O–H groups in total.